The standard InChI is InChI=1S/C17H28N2O2/c1-17(2)10-13(17)11-19-9-8-14(20)18-15(16(19)21)12-6-4-3-5-7-12/h12-13,15H,3-11H2,1-2H3,(H,18,20). The highest BCUT2D eigenvalue weighted by Crippen LogP contribution is 2.52. The molecule has 1 N–H and O–H groups in total. The molecule has 0 aromatic heterocycles. The van der Waals surface area contributed by atoms with E-state index < -0.39 is 0 Å². The van der Waals surface area contributed by atoms with Gasteiger partial charge in [-0.1, -0.05) is 33.1 Å². The van der Waals surface area contributed by atoms with Crippen molar-refractivity contribution in [2.24, 2.45) is 17.3 Å². The summed E-state index contributed by atoms with van der Waals surface area (Å²) in [4.78, 5) is 26.8. The molecule has 2 unspecified atom stereocenters. The number of nitrogens with zero attached hydrogens (tertiary/aromatic N) is 1. The summed E-state index contributed by atoms with van der Waals surface area (Å²) >= 11 is 0. The molecule has 0 aromatic rings. The van der Waals surface area contributed by atoms with E-state index in [-0.39, 0.29) is 17.9 Å². The smallest absolute Gasteiger partial charge is 0.245 e. The van der Waals surface area contributed by atoms with Crippen molar-refractivity contribution in [3.63, 3.8) is 0 Å². The maximum Gasteiger partial charge on any atom is 0.245 e. The summed E-state index contributed by atoms with van der Waals surface area (Å²) in [6.45, 7) is 5.97. The quantitative estimate of drug-likeness (QED) is 0.868. The molecule has 1 aliphatic heterocycles. The van der Waals surface area contributed by atoms with Gasteiger partial charge >= 0.3 is 0 Å². The third-order valence-corrected chi connectivity index (χ3v) is 5.78. The van der Waals surface area contributed by atoms with Crippen molar-refractivity contribution < 1.29 is 9.59 Å². The van der Waals surface area contributed by atoms with Crippen molar-refractivity contribution in [3.8, 4) is 0 Å². The maximum absolute atomic E-state index is 12.9. The molecule has 3 rings (SSSR count). The van der Waals surface area contributed by atoms with Gasteiger partial charge in [0.2, 0.25) is 11.8 Å². The number of hydrogen-bond acceptors (Lipinski definition) is 2. The van der Waals surface area contributed by atoms with E-state index in [9.17, 15) is 9.59 Å². The Balaban J connectivity index is 1.69. The van der Waals surface area contributed by atoms with Crippen molar-refractivity contribution in [2.75, 3.05) is 13.1 Å². The van der Waals surface area contributed by atoms with Crippen LogP contribution in [0.25, 0.3) is 0 Å². The molecular formula is C17H28N2O2. The molecule has 2 amide bonds. The van der Waals surface area contributed by atoms with Crippen LogP contribution in [0.1, 0.15) is 58.8 Å². The monoisotopic (exact) mass is 292 g/mol. The zero-order valence-electron chi connectivity index (χ0n) is 13.4. The van der Waals surface area contributed by atoms with E-state index in [1.54, 1.807) is 0 Å². The van der Waals surface area contributed by atoms with Gasteiger partial charge in [-0.2, -0.15) is 0 Å². The van der Waals surface area contributed by atoms with Crippen molar-refractivity contribution in [1.29, 1.82) is 0 Å². The lowest BCUT2D eigenvalue weighted by Crippen LogP contribution is -2.50. The molecule has 118 valence electrons. The Labute approximate surface area is 127 Å². The van der Waals surface area contributed by atoms with Gasteiger partial charge in [-0.3, -0.25) is 9.59 Å². The van der Waals surface area contributed by atoms with Crippen LogP contribution >= 0.6 is 0 Å². The minimum absolute atomic E-state index is 0.0523. The van der Waals surface area contributed by atoms with Crippen molar-refractivity contribution in [3.05, 3.63) is 0 Å². The Morgan fingerprint density at radius 2 is 1.86 bits per heavy atom. The van der Waals surface area contributed by atoms with Gasteiger partial charge in [-0.25, -0.2) is 0 Å². The number of nitrogens with one attached hydrogen (secondary N) is 1. The minimum atomic E-state index is -0.262. The van der Waals surface area contributed by atoms with E-state index in [2.05, 4.69) is 19.2 Å². The largest absolute Gasteiger partial charge is 0.344 e. The molecule has 4 heteroatoms. The Morgan fingerprint density at radius 3 is 2.48 bits per heavy atom. The molecule has 2 atom stereocenters. The van der Waals surface area contributed by atoms with E-state index in [0.29, 0.717) is 30.2 Å². The first-order valence-electron chi connectivity index (χ1n) is 8.55. The maximum atomic E-state index is 12.9. The average Bonchev–Trinajstić information content (AvgIpc) is 3.10. The van der Waals surface area contributed by atoms with Crippen LogP contribution in [0.3, 0.4) is 0 Å². The van der Waals surface area contributed by atoms with Gasteiger partial charge in [0, 0.05) is 19.5 Å². The van der Waals surface area contributed by atoms with Crippen LogP contribution in [0.2, 0.25) is 0 Å². The zero-order chi connectivity index (χ0) is 15.0. The van der Waals surface area contributed by atoms with Crippen LogP contribution in [0.5, 0.6) is 0 Å². The van der Waals surface area contributed by atoms with Gasteiger partial charge in [0.05, 0.1) is 0 Å². The van der Waals surface area contributed by atoms with E-state index >= 15 is 0 Å². The number of carbonyl (C=O) groups excluding carboxylic acids is 2. The number of hydrogen-bond donors (Lipinski definition) is 1. The molecule has 3 fully saturated rings. The van der Waals surface area contributed by atoms with E-state index in [1.807, 2.05) is 4.90 Å². The first kappa shape index (κ1) is 14.9. The third-order valence-electron chi connectivity index (χ3n) is 5.78. The highest BCUT2D eigenvalue weighted by Gasteiger charge is 2.47. The first-order chi connectivity index (χ1) is 9.97. The summed E-state index contributed by atoms with van der Waals surface area (Å²) in [5.41, 5.74) is 0.379. The highest BCUT2D eigenvalue weighted by atomic mass is 16.2. The Hall–Kier alpha value is -1.06. The van der Waals surface area contributed by atoms with Crippen LogP contribution in [0, 0.1) is 17.3 Å². The molecular weight excluding hydrogens is 264 g/mol. The fourth-order valence-electron chi connectivity index (χ4n) is 3.97. The summed E-state index contributed by atoms with van der Waals surface area (Å²) in [5.74, 6) is 1.19. The number of carbonyl (C=O) groups is 2. The van der Waals surface area contributed by atoms with Gasteiger partial charge in [-0.15, -0.1) is 0 Å². The fourth-order valence-corrected chi connectivity index (χ4v) is 3.97. The third kappa shape index (κ3) is 3.24. The van der Waals surface area contributed by atoms with Crippen molar-refractivity contribution >= 4 is 11.8 Å². The van der Waals surface area contributed by atoms with E-state index in [0.717, 1.165) is 19.4 Å². The predicted molar refractivity (Wildman–Crippen MR) is 81.6 cm³/mol. The lowest BCUT2D eigenvalue weighted by molar-refractivity contribution is -0.135. The Morgan fingerprint density at radius 1 is 1.19 bits per heavy atom. The van der Waals surface area contributed by atoms with Crippen molar-refractivity contribution in [1.82, 2.24) is 10.2 Å². The molecule has 3 aliphatic rings. The second-order valence-corrected chi connectivity index (χ2v) is 7.87. The fraction of sp³-hybridized carbons (Fsp3) is 0.882. The van der Waals surface area contributed by atoms with Gasteiger partial charge in [-0.05, 0) is 36.5 Å². The summed E-state index contributed by atoms with van der Waals surface area (Å²) in [6, 6.07) is -0.262. The van der Waals surface area contributed by atoms with Crippen LogP contribution in [0.15, 0.2) is 0 Å². The highest BCUT2D eigenvalue weighted by molar-refractivity contribution is 5.90. The molecule has 0 radical (unpaired) electrons. The second-order valence-electron chi connectivity index (χ2n) is 7.87. The van der Waals surface area contributed by atoms with E-state index in [1.165, 1.54) is 25.7 Å². The van der Waals surface area contributed by atoms with Crippen LogP contribution in [-0.2, 0) is 9.59 Å². The first-order valence-corrected chi connectivity index (χ1v) is 8.55. The molecule has 1 saturated heterocycles. The Bertz CT molecular complexity index is 427. The van der Waals surface area contributed by atoms with E-state index in [4.69, 9.17) is 0 Å². The lowest BCUT2D eigenvalue weighted by atomic mass is 9.83. The Kier molecular flexibility index (Phi) is 3.98. The minimum Gasteiger partial charge on any atom is -0.344 e. The summed E-state index contributed by atoms with van der Waals surface area (Å²) in [5, 5.41) is 3.01. The molecule has 2 saturated carbocycles. The summed E-state index contributed by atoms with van der Waals surface area (Å²) in [6.07, 6.45) is 7.48. The van der Waals surface area contributed by atoms with Gasteiger partial charge in [0.25, 0.3) is 0 Å². The molecule has 0 bridgehead atoms. The lowest BCUT2D eigenvalue weighted by Gasteiger charge is -2.32. The van der Waals surface area contributed by atoms with Gasteiger partial charge in [0.15, 0.2) is 0 Å². The second kappa shape index (κ2) is 5.62. The molecule has 4 nitrogen and oxygen atoms in total. The molecule has 2 aliphatic carbocycles. The van der Waals surface area contributed by atoms with Gasteiger partial charge < -0.3 is 10.2 Å². The topological polar surface area (TPSA) is 49.4 Å². The molecule has 0 spiro atoms. The number of amides is 2. The molecule has 0 aromatic carbocycles. The molecule has 21 heavy (non-hydrogen) atoms. The SMILES string of the molecule is CC1(C)CC1CN1CCC(=O)NC(C2CCCCC2)C1=O. The van der Waals surface area contributed by atoms with Crippen molar-refractivity contribution in [2.45, 2.75) is 64.8 Å². The van der Waals surface area contributed by atoms with Gasteiger partial charge in [0.1, 0.15) is 6.04 Å². The zero-order valence-corrected chi connectivity index (χ0v) is 13.4. The molecule has 1 heterocycles. The normalized spacial score (nSPS) is 33.5. The average molecular weight is 292 g/mol. The summed E-state index contributed by atoms with van der Waals surface area (Å²) in [7, 11) is 0. The van der Waals surface area contributed by atoms with Crippen LogP contribution in [0.4, 0.5) is 0 Å². The number of rotatable bonds is 3. The van der Waals surface area contributed by atoms with Crippen LogP contribution in [-0.4, -0.2) is 35.8 Å². The summed E-state index contributed by atoms with van der Waals surface area (Å²) < 4.78 is 0. The predicted octanol–water partition coefficient (Wildman–Crippen LogP) is 2.33. The van der Waals surface area contributed by atoms with Crippen LogP contribution < -0.4 is 5.32 Å².